The highest BCUT2D eigenvalue weighted by molar-refractivity contribution is 5.92. The van der Waals surface area contributed by atoms with E-state index < -0.39 is 0 Å². The molecule has 2 amide bonds. The predicted molar refractivity (Wildman–Crippen MR) is 99.9 cm³/mol. The quantitative estimate of drug-likeness (QED) is 0.836. The third-order valence-electron chi connectivity index (χ3n) is 5.91. The van der Waals surface area contributed by atoms with Crippen LogP contribution in [0.1, 0.15) is 47.6 Å². The standard InChI is InChI=1S/C21H25N3O3/c1-16-3-4-18(27-16)19(25)23-13-8-21(9-14-23)7-2-12-24(20(21)26)15-17-5-10-22-11-6-17/h3-6,10-11H,2,7-9,12-15H2,1H3. The summed E-state index contributed by atoms with van der Waals surface area (Å²) in [5, 5.41) is 0. The lowest BCUT2D eigenvalue weighted by Crippen LogP contribution is -2.54. The van der Waals surface area contributed by atoms with E-state index in [4.69, 9.17) is 4.42 Å². The number of aromatic nitrogens is 1. The fourth-order valence-corrected chi connectivity index (χ4v) is 4.32. The molecule has 4 rings (SSSR count). The molecule has 2 saturated heterocycles. The molecule has 4 heterocycles. The van der Waals surface area contributed by atoms with Gasteiger partial charge in [-0.05, 0) is 62.4 Å². The molecule has 2 aromatic rings. The summed E-state index contributed by atoms with van der Waals surface area (Å²) in [6, 6.07) is 7.45. The lowest BCUT2D eigenvalue weighted by atomic mass is 9.71. The van der Waals surface area contributed by atoms with Crippen molar-refractivity contribution >= 4 is 11.8 Å². The molecule has 2 aliphatic rings. The van der Waals surface area contributed by atoms with Gasteiger partial charge in [0.25, 0.3) is 5.91 Å². The summed E-state index contributed by atoms with van der Waals surface area (Å²) >= 11 is 0. The normalized spacial score (nSPS) is 19.5. The summed E-state index contributed by atoms with van der Waals surface area (Å²) in [5.41, 5.74) is 0.789. The molecule has 27 heavy (non-hydrogen) atoms. The molecule has 2 aliphatic heterocycles. The van der Waals surface area contributed by atoms with Gasteiger partial charge in [-0.25, -0.2) is 0 Å². The van der Waals surface area contributed by atoms with Crippen molar-refractivity contribution in [1.82, 2.24) is 14.8 Å². The van der Waals surface area contributed by atoms with Crippen LogP contribution in [-0.4, -0.2) is 46.2 Å². The van der Waals surface area contributed by atoms with Crippen molar-refractivity contribution in [3.05, 3.63) is 53.7 Å². The van der Waals surface area contributed by atoms with Crippen LogP contribution in [0.25, 0.3) is 0 Å². The van der Waals surface area contributed by atoms with Crippen molar-refractivity contribution in [2.75, 3.05) is 19.6 Å². The van der Waals surface area contributed by atoms with Gasteiger partial charge in [-0.2, -0.15) is 0 Å². The number of carbonyl (C=O) groups is 2. The molecule has 0 aliphatic carbocycles. The maximum absolute atomic E-state index is 13.2. The Bertz CT molecular complexity index is 822. The molecule has 0 atom stereocenters. The Labute approximate surface area is 159 Å². The molecule has 0 aromatic carbocycles. The number of hydrogen-bond acceptors (Lipinski definition) is 4. The number of piperidine rings is 2. The minimum atomic E-state index is -0.318. The predicted octanol–water partition coefficient (Wildman–Crippen LogP) is 3.03. The van der Waals surface area contributed by atoms with Crippen LogP contribution in [0, 0.1) is 12.3 Å². The monoisotopic (exact) mass is 367 g/mol. The number of aryl methyl sites for hydroxylation is 1. The fourth-order valence-electron chi connectivity index (χ4n) is 4.32. The van der Waals surface area contributed by atoms with Gasteiger partial charge in [0.1, 0.15) is 5.76 Å². The van der Waals surface area contributed by atoms with Crippen LogP contribution in [0.2, 0.25) is 0 Å². The Kier molecular flexibility index (Phi) is 4.72. The molecule has 6 nitrogen and oxygen atoms in total. The van der Waals surface area contributed by atoms with E-state index in [0.717, 1.165) is 43.6 Å². The van der Waals surface area contributed by atoms with Crippen molar-refractivity contribution in [2.24, 2.45) is 5.41 Å². The molecule has 0 bridgehead atoms. The van der Waals surface area contributed by atoms with Crippen LogP contribution in [0.15, 0.2) is 41.1 Å². The van der Waals surface area contributed by atoms with Gasteiger partial charge in [-0.15, -0.1) is 0 Å². The first-order chi connectivity index (χ1) is 13.1. The first kappa shape index (κ1) is 17.8. The third-order valence-corrected chi connectivity index (χ3v) is 5.91. The van der Waals surface area contributed by atoms with E-state index in [1.54, 1.807) is 24.5 Å². The van der Waals surface area contributed by atoms with Gasteiger partial charge in [-0.1, -0.05) is 0 Å². The second-order valence-electron chi connectivity index (χ2n) is 7.67. The molecular weight excluding hydrogens is 342 g/mol. The van der Waals surface area contributed by atoms with Gasteiger partial charge >= 0.3 is 0 Å². The third kappa shape index (κ3) is 3.48. The minimum Gasteiger partial charge on any atom is -0.456 e. The second-order valence-corrected chi connectivity index (χ2v) is 7.67. The average molecular weight is 367 g/mol. The number of likely N-dealkylation sites (tertiary alicyclic amines) is 2. The maximum atomic E-state index is 13.2. The lowest BCUT2D eigenvalue weighted by molar-refractivity contribution is -0.150. The van der Waals surface area contributed by atoms with Gasteiger partial charge < -0.3 is 14.2 Å². The fraction of sp³-hybridized carbons (Fsp3) is 0.476. The number of amides is 2. The Morgan fingerprint density at radius 2 is 1.85 bits per heavy atom. The van der Waals surface area contributed by atoms with Gasteiger partial charge in [0.15, 0.2) is 5.76 Å². The van der Waals surface area contributed by atoms with Crippen LogP contribution >= 0.6 is 0 Å². The zero-order valence-corrected chi connectivity index (χ0v) is 15.7. The molecule has 0 radical (unpaired) electrons. The van der Waals surface area contributed by atoms with E-state index in [1.165, 1.54) is 0 Å². The molecule has 142 valence electrons. The van der Waals surface area contributed by atoms with Crippen LogP contribution in [0.3, 0.4) is 0 Å². The molecule has 1 spiro atoms. The van der Waals surface area contributed by atoms with Crippen molar-refractivity contribution < 1.29 is 14.0 Å². The molecule has 2 aromatic heterocycles. The van der Waals surface area contributed by atoms with Gasteiger partial charge in [-0.3, -0.25) is 14.6 Å². The van der Waals surface area contributed by atoms with Crippen LogP contribution in [-0.2, 0) is 11.3 Å². The van der Waals surface area contributed by atoms with Crippen molar-refractivity contribution in [2.45, 2.75) is 39.2 Å². The summed E-state index contributed by atoms with van der Waals surface area (Å²) in [5.74, 6) is 1.29. The highest BCUT2D eigenvalue weighted by Crippen LogP contribution is 2.41. The van der Waals surface area contributed by atoms with E-state index in [9.17, 15) is 9.59 Å². The molecule has 6 heteroatoms. The Morgan fingerprint density at radius 1 is 1.11 bits per heavy atom. The van der Waals surface area contributed by atoms with Gasteiger partial charge in [0.05, 0.1) is 5.41 Å². The van der Waals surface area contributed by atoms with Crippen LogP contribution in [0.4, 0.5) is 0 Å². The van der Waals surface area contributed by atoms with Crippen LogP contribution < -0.4 is 0 Å². The topological polar surface area (TPSA) is 66.7 Å². The summed E-state index contributed by atoms with van der Waals surface area (Å²) < 4.78 is 5.47. The summed E-state index contributed by atoms with van der Waals surface area (Å²) in [7, 11) is 0. The van der Waals surface area contributed by atoms with Crippen molar-refractivity contribution in [1.29, 1.82) is 0 Å². The Balaban J connectivity index is 1.42. The van der Waals surface area contributed by atoms with Crippen LogP contribution in [0.5, 0.6) is 0 Å². The molecule has 0 unspecified atom stereocenters. The first-order valence-corrected chi connectivity index (χ1v) is 9.61. The summed E-state index contributed by atoms with van der Waals surface area (Å²) in [6.45, 7) is 4.48. The number of carbonyl (C=O) groups excluding carboxylic acids is 2. The van der Waals surface area contributed by atoms with E-state index in [-0.39, 0.29) is 17.2 Å². The molecule has 2 fully saturated rings. The number of furan rings is 1. The zero-order valence-electron chi connectivity index (χ0n) is 15.7. The number of hydrogen-bond donors (Lipinski definition) is 0. The van der Waals surface area contributed by atoms with Gasteiger partial charge in [0.2, 0.25) is 5.91 Å². The minimum absolute atomic E-state index is 0.0742. The van der Waals surface area contributed by atoms with E-state index >= 15 is 0 Å². The second kappa shape index (κ2) is 7.18. The Morgan fingerprint density at radius 3 is 2.52 bits per heavy atom. The lowest BCUT2D eigenvalue weighted by Gasteiger charge is -2.46. The van der Waals surface area contributed by atoms with Crippen molar-refractivity contribution in [3.8, 4) is 0 Å². The summed E-state index contributed by atoms with van der Waals surface area (Å²) in [6.07, 6.45) is 6.91. The SMILES string of the molecule is Cc1ccc(C(=O)N2CCC3(CCCN(Cc4ccncc4)C3=O)CC2)o1. The zero-order chi connectivity index (χ0) is 18.9. The van der Waals surface area contributed by atoms with E-state index in [0.29, 0.717) is 25.4 Å². The highest BCUT2D eigenvalue weighted by atomic mass is 16.3. The summed E-state index contributed by atoms with van der Waals surface area (Å²) in [4.78, 5) is 33.7. The number of rotatable bonds is 3. The van der Waals surface area contributed by atoms with Gasteiger partial charge in [0, 0.05) is 38.6 Å². The molecule has 0 saturated carbocycles. The van der Waals surface area contributed by atoms with Crippen molar-refractivity contribution in [3.63, 3.8) is 0 Å². The first-order valence-electron chi connectivity index (χ1n) is 9.61. The average Bonchev–Trinajstić information content (AvgIpc) is 3.13. The molecular formula is C21H25N3O3. The number of pyridine rings is 1. The highest BCUT2D eigenvalue weighted by Gasteiger charge is 2.46. The molecule has 0 N–H and O–H groups in total. The Hall–Kier alpha value is -2.63. The van der Waals surface area contributed by atoms with E-state index in [2.05, 4.69) is 4.98 Å². The number of nitrogens with zero attached hydrogens (tertiary/aromatic N) is 3. The maximum Gasteiger partial charge on any atom is 0.289 e. The van der Waals surface area contributed by atoms with E-state index in [1.807, 2.05) is 28.9 Å². The smallest absolute Gasteiger partial charge is 0.289 e. The largest absolute Gasteiger partial charge is 0.456 e.